The Morgan fingerprint density at radius 2 is 1.69 bits per heavy atom. The summed E-state index contributed by atoms with van der Waals surface area (Å²) in [4.78, 5) is 29.0. The Kier molecular flexibility index (Phi) is 10.5. The summed E-state index contributed by atoms with van der Waals surface area (Å²) in [6.45, 7) is 3.10. The van der Waals surface area contributed by atoms with Crippen LogP contribution in [-0.4, -0.2) is 50.9 Å². The van der Waals surface area contributed by atoms with Crippen molar-refractivity contribution in [3.63, 3.8) is 0 Å². The Hall–Kier alpha value is -3.56. The van der Waals surface area contributed by atoms with E-state index in [1.54, 1.807) is 56.5 Å². The largest absolute Gasteiger partial charge is 0.497 e. The van der Waals surface area contributed by atoms with Gasteiger partial charge in [0.1, 0.15) is 18.3 Å². The highest BCUT2D eigenvalue weighted by atomic mass is 35.5. The number of anilines is 1. The fourth-order valence-corrected chi connectivity index (χ4v) is 6.71. The van der Waals surface area contributed by atoms with Crippen molar-refractivity contribution in [2.45, 2.75) is 69.5 Å². The molecule has 0 unspecified atom stereocenters. The number of sulfonamides is 1. The normalized spacial score (nSPS) is 14.6. The molecule has 10 heteroatoms. The van der Waals surface area contributed by atoms with Crippen molar-refractivity contribution < 1.29 is 22.7 Å². The molecule has 0 aromatic heterocycles. The van der Waals surface area contributed by atoms with Crippen molar-refractivity contribution in [2.75, 3.05) is 18.0 Å². The van der Waals surface area contributed by atoms with Crippen LogP contribution in [0.4, 0.5) is 5.69 Å². The molecule has 0 bridgehead atoms. The van der Waals surface area contributed by atoms with Gasteiger partial charge in [-0.25, -0.2) is 8.42 Å². The molecule has 42 heavy (non-hydrogen) atoms. The number of ether oxygens (including phenoxy) is 1. The standard InChI is InChI=1S/C32H38ClN3O5S/c1-23-15-17-30(18-16-23)42(39,40)36(28-13-8-10-26(33)20-28)22-31(37)35(21-25-9-7-14-29(19-25)41-3)24(2)32(38)34-27-11-5-4-6-12-27/h7-10,13-20,24,27H,4-6,11-12,21-22H2,1-3H3,(H,34,38)/t24-/m0/s1. The molecule has 3 aromatic carbocycles. The second kappa shape index (κ2) is 14.1. The number of carbonyl (C=O) groups excluding carboxylic acids is 2. The van der Waals surface area contributed by atoms with Crippen molar-refractivity contribution >= 4 is 39.1 Å². The molecule has 224 valence electrons. The molecule has 2 amide bonds. The number of nitrogens with one attached hydrogen (secondary N) is 1. The van der Waals surface area contributed by atoms with Gasteiger partial charge in [0.25, 0.3) is 10.0 Å². The van der Waals surface area contributed by atoms with E-state index in [9.17, 15) is 18.0 Å². The van der Waals surface area contributed by atoms with Gasteiger partial charge in [0.05, 0.1) is 17.7 Å². The predicted molar refractivity (Wildman–Crippen MR) is 165 cm³/mol. The lowest BCUT2D eigenvalue weighted by Crippen LogP contribution is -2.53. The average molecular weight is 612 g/mol. The van der Waals surface area contributed by atoms with Crippen LogP contribution < -0.4 is 14.4 Å². The third-order valence-corrected chi connectivity index (χ3v) is 9.61. The van der Waals surface area contributed by atoms with Gasteiger partial charge in [-0.3, -0.25) is 13.9 Å². The smallest absolute Gasteiger partial charge is 0.264 e. The maximum Gasteiger partial charge on any atom is 0.264 e. The minimum Gasteiger partial charge on any atom is -0.497 e. The summed E-state index contributed by atoms with van der Waals surface area (Å²) in [6.07, 6.45) is 5.06. The number of hydrogen-bond donors (Lipinski definition) is 1. The Bertz CT molecular complexity index is 1490. The van der Waals surface area contributed by atoms with E-state index in [0.29, 0.717) is 10.8 Å². The zero-order chi connectivity index (χ0) is 30.3. The number of rotatable bonds is 11. The van der Waals surface area contributed by atoms with Gasteiger partial charge in [-0.15, -0.1) is 0 Å². The van der Waals surface area contributed by atoms with Crippen LogP contribution in [0.5, 0.6) is 5.75 Å². The summed E-state index contributed by atoms with van der Waals surface area (Å²) in [7, 11) is -2.61. The van der Waals surface area contributed by atoms with Crippen LogP contribution in [0, 0.1) is 6.92 Å². The van der Waals surface area contributed by atoms with E-state index in [2.05, 4.69) is 5.32 Å². The Morgan fingerprint density at radius 3 is 2.36 bits per heavy atom. The first kappa shape index (κ1) is 31.4. The van der Waals surface area contributed by atoms with Crippen LogP contribution in [0.25, 0.3) is 0 Å². The predicted octanol–water partition coefficient (Wildman–Crippen LogP) is 5.72. The highest BCUT2D eigenvalue weighted by Crippen LogP contribution is 2.27. The Balaban J connectivity index is 1.68. The second-order valence-electron chi connectivity index (χ2n) is 10.7. The van der Waals surface area contributed by atoms with Crippen LogP contribution in [0.3, 0.4) is 0 Å². The van der Waals surface area contributed by atoms with Crippen molar-refractivity contribution in [2.24, 2.45) is 0 Å². The fourth-order valence-electron chi connectivity index (χ4n) is 5.12. The van der Waals surface area contributed by atoms with E-state index < -0.39 is 28.5 Å². The van der Waals surface area contributed by atoms with Gasteiger partial charge < -0.3 is 15.0 Å². The van der Waals surface area contributed by atoms with Crippen LogP contribution in [0.1, 0.15) is 50.2 Å². The zero-order valence-electron chi connectivity index (χ0n) is 24.3. The lowest BCUT2D eigenvalue weighted by molar-refractivity contribution is -0.139. The summed E-state index contributed by atoms with van der Waals surface area (Å²) in [5.41, 5.74) is 1.90. The van der Waals surface area contributed by atoms with Gasteiger partial charge in [0.15, 0.2) is 0 Å². The van der Waals surface area contributed by atoms with E-state index >= 15 is 0 Å². The fraction of sp³-hybridized carbons (Fsp3) is 0.375. The summed E-state index contributed by atoms with van der Waals surface area (Å²) in [5, 5.41) is 3.44. The minimum atomic E-state index is -4.16. The van der Waals surface area contributed by atoms with Crippen molar-refractivity contribution in [3.8, 4) is 5.75 Å². The SMILES string of the molecule is COc1cccc(CN(C(=O)CN(c2cccc(Cl)c2)S(=O)(=O)c2ccc(C)cc2)[C@@H](C)C(=O)NC2CCCCC2)c1. The average Bonchev–Trinajstić information content (AvgIpc) is 2.99. The molecule has 8 nitrogen and oxygen atoms in total. The third-order valence-electron chi connectivity index (χ3n) is 7.59. The molecule has 0 spiro atoms. The number of nitrogens with zero attached hydrogens (tertiary/aromatic N) is 2. The number of amides is 2. The first-order valence-electron chi connectivity index (χ1n) is 14.2. The summed E-state index contributed by atoms with van der Waals surface area (Å²) in [5.74, 6) is -0.185. The number of halogens is 1. The maximum atomic E-state index is 14.1. The van der Waals surface area contributed by atoms with Gasteiger partial charge in [-0.2, -0.15) is 0 Å². The molecular formula is C32H38ClN3O5S. The third kappa shape index (κ3) is 7.83. The molecule has 3 aromatic rings. The lowest BCUT2D eigenvalue weighted by Gasteiger charge is -2.33. The van der Waals surface area contributed by atoms with E-state index in [0.717, 1.165) is 47.5 Å². The van der Waals surface area contributed by atoms with Gasteiger partial charge in [-0.05, 0) is 74.7 Å². The van der Waals surface area contributed by atoms with Crippen LogP contribution in [0.15, 0.2) is 77.7 Å². The summed E-state index contributed by atoms with van der Waals surface area (Å²) >= 11 is 6.24. The highest BCUT2D eigenvalue weighted by Gasteiger charge is 2.33. The van der Waals surface area contributed by atoms with E-state index in [-0.39, 0.29) is 29.1 Å². The number of benzene rings is 3. The molecule has 0 aliphatic heterocycles. The van der Waals surface area contributed by atoms with Crippen molar-refractivity contribution in [1.82, 2.24) is 10.2 Å². The number of carbonyl (C=O) groups is 2. The molecule has 1 aliphatic rings. The van der Waals surface area contributed by atoms with E-state index in [1.807, 2.05) is 19.1 Å². The van der Waals surface area contributed by atoms with Gasteiger partial charge in [0.2, 0.25) is 11.8 Å². The number of aryl methyl sites for hydroxylation is 1. The first-order chi connectivity index (χ1) is 20.1. The lowest BCUT2D eigenvalue weighted by atomic mass is 9.95. The first-order valence-corrected chi connectivity index (χ1v) is 16.0. The number of methoxy groups -OCH3 is 1. The monoisotopic (exact) mass is 611 g/mol. The highest BCUT2D eigenvalue weighted by molar-refractivity contribution is 7.92. The van der Waals surface area contributed by atoms with Gasteiger partial charge in [-0.1, -0.05) is 66.8 Å². The van der Waals surface area contributed by atoms with Crippen LogP contribution >= 0.6 is 11.6 Å². The molecule has 1 N–H and O–H groups in total. The van der Waals surface area contributed by atoms with Crippen LogP contribution in [-0.2, 0) is 26.2 Å². The van der Waals surface area contributed by atoms with E-state index in [4.69, 9.17) is 16.3 Å². The Labute approximate surface area is 253 Å². The quantitative estimate of drug-likeness (QED) is 0.299. The van der Waals surface area contributed by atoms with Gasteiger partial charge in [0, 0.05) is 17.6 Å². The van der Waals surface area contributed by atoms with Crippen molar-refractivity contribution in [3.05, 3.63) is 88.9 Å². The molecule has 1 saturated carbocycles. The van der Waals surface area contributed by atoms with Crippen LogP contribution in [0.2, 0.25) is 5.02 Å². The second-order valence-corrected chi connectivity index (χ2v) is 13.0. The molecule has 1 aliphatic carbocycles. The van der Waals surface area contributed by atoms with E-state index in [1.165, 1.54) is 23.1 Å². The molecular weight excluding hydrogens is 574 g/mol. The summed E-state index contributed by atoms with van der Waals surface area (Å²) < 4.78 is 34.3. The number of hydrogen-bond acceptors (Lipinski definition) is 5. The minimum absolute atomic E-state index is 0.0447. The zero-order valence-corrected chi connectivity index (χ0v) is 25.8. The maximum absolute atomic E-state index is 14.1. The van der Waals surface area contributed by atoms with Gasteiger partial charge >= 0.3 is 0 Å². The summed E-state index contributed by atoms with van der Waals surface area (Å²) in [6, 6.07) is 19.3. The topological polar surface area (TPSA) is 96.0 Å². The molecule has 0 heterocycles. The molecule has 4 rings (SSSR count). The Morgan fingerprint density at radius 1 is 1.00 bits per heavy atom. The molecule has 1 fully saturated rings. The molecule has 0 saturated heterocycles. The molecule has 0 radical (unpaired) electrons. The molecule has 1 atom stereocenters. The van der Waals surface area contributed by atoms with Crippen molar-refractivity contribution in [1.29, 1.82) is 0 Å².